The highest BCUT2D eigenvalue weighted by molar-refractivity contribution is 6.05. The summed E-state index contributed by atoms with van der Waals surface area (Å²) in [5, 5.41) is 2.96. The fraction of sp³-hybridized carbons (Fsp3) is 0.0606. The van der Waals surface area contributed by atoms with Gasteiger partial charge in [-0.25, -0.2) is 0 Å². The van der Waals surface area contributed by atoms with Crippen molar-refractivity contribution in [2.45, 2.75) is 6.61 Å². The molecular formula is C33H27NO4. The first-order valence-corrected chi connectivity index (χ1v) is 12.3. The number of hydrogen-bond acceptors (Lipinski definition) is 4. The number of carbonyl (C=O) groups is 1. The molecule has 5 nitrogen and oxygen atoms in total. The van der Waals surface area contributed by atoms with Crippen LogP contribution < -0.4 is 19.5 Å². The predicted octanol–water partition coefficient (Wildman–Crippen LogP) is 7.99. The van der Waals surface area contributed by atoms with Gasteiger partial charge in [-0.15, -0.1) is 0 Å². The second kappa shape index (κ2) is 11.8. The molecule has 1 amide bonds. The van der Waals surface area contributed by atoms with Gasteiger partial charge in [0.15, 0.2) is 5.75 Å². The lowest BCUT2D eigenvalue weighted by atomic mass is 10.1. The summed E-state index contributed by atoms with van der Waals surface area (Å²) in [7, 11) is 1.60. The maximum absolute atomic E-state index is 13.2. The molecule has 0 spiro atoms. The van der Waals surface area contributed by atoms with Crippen molar-refractivity contribution in [1.82, 2.24) is 0 Å². The Morgan fingerprint density at radius 2 is 1.32 bits per heavy atom. The van der Waals surface area contributed by atoms with Crippen LogP contribution in [0.1, 0.15) is 15.9 Å². The van der Waals surface area contributed by atoms with Crippen molar-refractivity contribution in [3.8, 4) is 34.1 Å². The maximum atomic E-state index is 13.2. The van der Waals surface area contributed by atoms with Gasteiger partial charge in [0.2, 0.25) is 0 Å². The van der Waals surface area contributed by atoms with Gasteiger partial charge in [0, 0.05) is 11.1 Å². The van der Waals surface area contributed by atoms with E-state index in [1.165, 1.54) is 0 Å². The van der Waals surface area contributed by atoms with Crippen LogP contribution in [0.5, 0.6) is 23.0 Å². The summed E-state index contributed by atoms with van der Waals surface area (Å²) >= 11 is 0. The Bertz CT molecular complexity index is 1500. The molecular weight excluding hydrogens is 474 g/mol. The molecule has 0 aromatic heterocycles. The number of rotatable bonds is 9. The van der Waals surface area contributed by atoms with E-state index < -0.39 is 0 Å². The van der Waals surface area contributed by atoms with Crippen LogP contribution in [0.15, 0.2) is 127 Å². The SMILES string of the molecule is COc1ccc(C(=O)Nc2ccccc2Oc2ccccc2)cc1COc1ccc(-c2ccccc2)cc1. The lowest BCUT2D eigenvalue weighted by Gasteiger charge is -2.14. The number of nitrogens with one attached hydrogen (secondary N) is 1. The summed E-state index contributed by atoms with van der Waals surface area (Å²) in [6.07, 6.45) is 0. The summed E-state index contributed by atoms with van der Waals surface area (Å²) in [5.41, 5.74) is 4.09. The standard InChI is InChI=1S/C33H27NO4/c1-36-31-21-18-26(33(35)34-30-14-8-9-15-32(30)38-29-12-6-3-7-13-29)22-27(31)23-37-28-19-16-25(17-20-28)24-10-4-2-5-11-24/h2-22H,23H2,1H3,(H,34,35). The topological polar surface area (TPSA) is 56.8 Å². The molecule has 0 heterocycles. The average molecular weight is 502 g/mol. The monoisotopic (exact) mass is 501 g/mol. The van der Waals surface area contributed by atoms with Gasteiger partial charge in [0.1, 0.15) is 23.9 Å². The number of carbonyl (C=O) groups excluding carboxylic acids is 1. The molecule has 0 aliphatic carbocycles. The van der Waals surface area contributed by atoms with Crippen molar-refractivity contribution in [3.63, 3.8) is 0 Å². The van der Waals surface area contributed by atoms with Crippen LogP contribution in [0.2, 0.25) is 0 Å². The Morgan fingerprint density at radius 3 is 2.05 bits per heavy atom. The van der Waals surface area contributed by atoms with Gasteiger partial charge in [-0.2, -0.15) is 0 Å². The minimum absolute atomic E-state index is 0.253. The fourth-order valence-corrected chi connectivity index (χ4v) is 4.04. The van der Waals surface area contributed by atoms with E-state index in [9.17, 15) is 4.79 Å². The van der Waals surface area contributed by atoms with Crippen LogP contribution in [0, 0.1) is 0 Å². The zero-order chi connectivity index (χ0) is 26.2. The first kappa shape index (κ1) is 24.7. The number of methoxy groups -OCH3 is 1. The minimum atomic E-state index is -0.259. The molecule has 0 aliphatic heterocycles. The normalized spacial score (nSPS) is 10.4. The predicted molar refractivity (Wildman–Crippen MR) is 150 cm³/mol. The minimum Gasteiger partial charge on any atom is -0.496 e. The molecule has 5 heteroatoms. The first-order chi connectivity index (χ1) is 18.7. The van der Waals surface area contributed by atoms with Crippen LogP contribution in [0.4, 0.5) is 5.69 Å². The number of hydrogen-bond donors (Lipinski definition) is 1. The third-order valence-electron chi connectivity index (χ3n) is 6.00. The van der Waals surface area contributed by atoms with Crippen molar-refractivity contribution in [2.24, 2.45) is 0 Å². The van der Waals surface area contributed by atoms with Gasteiger partial charge in [0.25, 0.3) is 5.91 Å². The summed E-state index contributed by atoms with van der Waals surface area (Å²) in [6.45, 7) is 0.253. The number of amides is 1. The number of ether oxygens (including phenoxy) is 3. The molecule has 0 saturated carbocycles. The van der Waals surface area contributed by atoms with Gasteiger partial charge in [-0.05, 0) is 65.7 Å². The van der Waals surface area contributed by atoms with Crippen LogP contribution >= 0.6 is 0 Å². The molecule has 5 aromatic carbocycles. The lowest BCUT2D eigenvalue weighted by Crippen LogP contribution is -2.13. The third-order valence-corrected chi connectivity index (χ3v) is 6.00. The molecule has 0 radical (unpaired) electrons. The van der Waals surface area contributed by atoms with E-state index in [1.54, 1.807) is 25.3 Å². The van der Waals surface area contributed by atoms with E-state index in [-0.39, 0.29) is 12.5 Å². The molecule has 38 heavy (non-hydrogen) atoms. The molecule has 0 saturated heterocycles. The molecule has 1 N–H and O–H groups in total. The van der Waals surface area contributed by atoms with Gasteiger partial charge >= 0.3 is 0 Å². The smallest absolute Gasteiger partial charge is 0.255 e. The maximum Gasteiger partial charge on any atom is 0.255 e. The van der Waals surface area contributed by atoms with Gasteiger partial charge in [-0.1, -0.05) is 72.8 Å². The Hall–Kier alpha value is -5.03. The Balaban J connectivity index is 1.29. The average Bonchev–Trinajstić information content (AvgIpc) is 2.98. The van der Waals surface area contributed by atoms with E-state index in [0.717, 1.165) is 22.4 Å². The fourth-order valence-electron chi connectivity index (χ4n) is 4.04. The number of para-hydroxylation sites is 3. The van der Waals surface area contributed by atoms with E-state index in [1.807, 2.05) is 97.1 Å². The highest BCUT2D eigenvalue weighted by Crippen LogP contribution is 2.30. The van der Waals surface area contributed by atoms with Crippen LogP contribution in [0.25, 0.3) is 11.1 Å². The summed E-state index contributed by atoms with van der Waals surface area (Å²) in [5.74, 6) is 2.37. The van der Waals surface area contributed by atoms with Crippen molar-refractivity contribution >= 4 is 11.6 Å². The first-order valence-electron chi connectivity index (χ1n) is 12.3. The summed E-state index contributed by atoms with van der Waals surface area (Å²) in [4.78, 5) is 13.2. The number of anilines is 1. The van der Waals surface area contributed by atoms with E-state index >= 15 is 0 Å². The molecule has 0 atom stereocenters. The highest BCUT2D eigenvalue weighted by atomic mass is 16.5. The number of benzene rings is 5. The molecule has 0 aliphatic rings. The van der Waals surface area contributed by atoms with E-state index in [4.69, 9.17) is 14.2 Å². The zero-order valence-corrected chi connectivity index (χ0v) is 21.0. The Kier molecular flexibility index (Phi) is 7.66. The molecule has 188 valence electrons. The van der Waals surface area contributed by atoms with E-state index in [0.29, 0.717) is 28.5 Å². The molecule has 0 bridgehead atoms. The second-order valence-corrected chi connectivity index (χ2v) is 8.57. The van der Waals surface area contributed by atoms with Crippen molar-refractivity contribution < 1.29 is 19.0 Å². The van der Waals surface area contributed by atoms with Gasteiger partial charge in [0.05, 0.1) is 12.8 Å². The quantitative estimate of drug-likeness (QED) is 0.222. The highest BCUT2D eigenvalue weighted by Gasteiger charge is 2.14. The molecule has 0 unspecified atom stereocenters. The Labute approximate surface area is 222 Å². The molecule has 5 rings (SSSR count). The van der Waals surface area contributed by atoms with Gasteiger partial charge < -0.3 is 19.5 Å². The Morgan fingerprint density at radius 1 is 0.658 bits per heavy atom. The second-order valence-electron chi connectivity index (χ2n) is 8.57. The van der Waals surface area contributed by atoms with Crippen molar-refractivity contribution in [1.29, 1.82) is 0 Å². The van der Waals surface area contributed by atoms with Crippen molar-refractivity contribution in [3.05, 3.63) is 139 Å². The molecule has 5 aromatic rings. The van der Waals surface area contributed by atoms with Crippen LogP contribution in [0.3, 0.4) is 0 Å². The summed E-state index contributed by atoms with van der Waals surface area (Å²) < 4.78 is 17.5. The lowest BCUT2D eigenvalue weighted by molar-refractivity contribution is 0.102. The van der Waals surface area contributed by atoms with Crippen molar-refractivity contribution in [2.75, 3.05) is 12.4 Å². The van der Waals surface area contributed by atoms with Crippen LogP contribution in [-0.4, -0.2) is 13.0 Å². The molecule has 0 fully saturated rings. The largest absolute Gasteiger partial charge is 0.496 e. The summed E-state index contributed by atoms with van der Waals surface area (Å²) in [6, 6.07) is 40.2. The van der Waals surface area contributed by atoms with Crippen LogP contribution in [-0.2, 0) is 6.61 Å². The van der Waals surface area contributed by atoms with Gasteiger partial charge in [-0.3, -0.25) is 4.79 Å². The third kappa shape index (κ3) is 6.02. The zero-order valence-electron chi connectivity index (χ0n) is 21.0. The van der Waals surface area contributed by atoms with E-state index in [2.05, 4.69) is 17.4 Å².